The van der Waals surface area contributed by atoms with Gasteiger partial charge in [-0.3, -0.25) is 4.79 Å². The summed E-state index contributed by atoms with van der Waals surface area (Å²) < 4.78 is 5.28. The molecule has 1 atom stereocenters. The minimum atomic E-state index is -0.469. The third-order valence-corrected chi connectivity index (χ3v) is 3.13. The van der Waals surface area contributed by atoms with E-state index < -0.39 is 6.10 Å². The van der Waals surface area contributed by atoms with Crippen LogP contribution in [0, 0.1) is 0 Å². The predicted molar refractivity (Wildman–Crippen MR) is 81.2 cm³/mol. The van der Waals surface area contributed by atoms with Crippen molar-refractivity contribution >= 4 is 11.6 Å². The summed E-state index contributed by atoms with van der Waals surface area (Å²) in [4.78, 5) is 11.9. The van der Waals surface area contributed by atoms with E-state index in [-0.39, 0.29) is 11.3 Å². The number of anilines is 1. The van der Waals surface area contributed by atoms with Crippen molar-refractivity contribution in [3.8, 4) is 5.75 Å². The highest BCUT2D eigenvalue weighted by Gasteiger charge is 2.17. The first-order chi connectivity index (χ1) is 9.24. The molecule has 0 radical (unpaired) electrons. The number of amides is 1. The van der Waals surface area contributed by atoms with Crippen LogP contribution in [0.2, 0.25) is 0 Å². The summed E-state index contributed by atoms with van der Waals surface area (Å²) >= 11 is 0. The summed E-state index contributed by atoms with van der Waals surface area (Å²) in [5.41, 5.74) is 1.81. The number of ether oxygens (including phenoxy) is 1. The van der Waals surface area contributed by atoms with E-state index in [0.717, 1.165) is 5.56 Å². The van der Waals surface area contributed by atoms with Gasteiger partial charge in [-0.2, -0.15) is 0 Å². The van der Waals surface area contributed by atoms with Crippen LogP contribution in [-0.2, 0) is 10.2 Å². The van der Waals surface area contributed by atoms with E-state index in [2.05, 4.69) is 26.1 Å². The van der Waals surface area contributed by atoms with Crippen molar-refractivity contribution < 1.29 is 14.6 Å². The van der Waals surface area contributed by atoms with Crippen LogP contribution in [0.25, 0.3) is 0 Å². The van der Waals surface area contributed by atoms with Gasteiger partial charge >= 0.3 is 0 Å². The lowest BCUT2D eigenvalue weighted by Crippen LogP contribution is -2.16. The number of hydrogen-bond donors (Lipinski definition) is 2. The van der Waals surface area contributed by atoms with Crippen molar-refractivity contribution in [3.05, 3.63) is 23.8 Å². The third-order valence-electron chi connectivity index (χ3n) is 3.13. The quantitative estimate of drug-likeness (QED) is 0.870. The Balaban J connectivity index is 2.89. The zero-order chi connectivity index (χ0) is 15.3. The van der Waals surface area contributed by atoms with Gasteiger partial charge in [0.2, 0.25) is 5.91 Å². The Morgan fingerprint density at radius 2 is 2.05 bits per heavy atom. The summed E-state index contributed by atoms with van der Waals surface area (Å²) in [6.45, 7) is 8.03. The van der Waals surface area contributed by atoms with Gasteiger partial charge in [0.15, 0.2) is 0 Å². The van der Waals surface area contributed by atoms with Gasteiger partial charge in [0.1, 0.15) is 5.75 Å². The molecule has 1 rings (SSSR count). The van der Waals surface area contributed by atoms with Crippen molar-refractivity contribution in [2.75, 3.05) is 12.4 Å². The predicted octanol–water partition coefficient (Wildman–Crippen LogP) is 3.09. The molecule has 0 fully saturated rings. The maximum Gasteiger partial charge on any atom is 0.224 e. The summed E-state index contributed by atoms with van der Waals surface area (Å²) in [5.74, 6) is 0.527. The van der Waals surface area contributed by atoms with Crippen LogP contribution in [-0.4, -0.2) is 24.2 Å². The van der Waals surface area contributed by atoms with Crippen molar-refractivity contribution in [3.63, 3.8) is 0 Å². The molecule has 20 heavy (non-hydrogen) atoms. The Morgan fingerprint density at radius 3 is 2.55 bits per heavy atom. The van der Waals surface area contributed by atoms with Gasteiger partial charge in [0.05, 0.1) is 18.9 Å². The number of benzene rings is 1. The van der Waals surface area contributed by atoms with Crippen LogP contribution in [0.5, 0.6) is 5.75 Å². The lowest BCUT2D eigenvalue weighted by atomic mass is 9.87. The molecular formula is C16H25NO3. The molecule has 0 heterocycles. The van der Waals surface area contributed by atoms with Crippen molar-refractivity contribution in [1.82, 2.24) is 0 Å². The van der Waals surface area contributed by atoms with Gasteiger partial charge in [-0.05, 0) is 36.5 Å². The third kappa shape index (κ3) is 4.85. The summed E-state index contributed by atoms with van der Waals surface area (Å²) in [5, 5.41) is 12.1. The summed E-state index contributed by atoms with van der Waals surface area (Å²) in [6, 6.07) is 5.81. The molecule has 112 valence electrons. The molecule has 4 heteroatoms. The zero-order valence-electron chi connectivity index (χ0n) is 13.0. The van der Waals surface area contributed by atoms with Gasteiger partial charge in [-0.1, -0.05) is 26.8 Å². The number of hydrogen-bond acceptors (Lipinski definition) is 3. The number of nitrogens with one attached hydrogen (secondary N) is 1. The standard InChI is InChI=1S/C16H25NO3/c1-11(18)6-9-15(19)17-13-10-12(16(2,3)4)7-8-14(13)20-5/h7-8,10-11,18H,6,9H2,1-5H3,(H,17,19). The number of carbonyl (C=O) groups is 1. The summed E-state index contributed by atoms with van der Waals surface area (Å²) in [6.07, 6.45) is 0.275. The van der Waals surface area contributed by atoms with Crippen molar-refractivity contribution in [2.45, 2.75) is 52.1 Å². The molecule has 0 aliphatic carbocycles. The van der Waals surface area contributed by atoms with E-state index in [0.29, 0.717) is 24.3 Å². The first kappa shape index (κ1) is 16.5. The van der Waals surface area contributed by atoms with Crippen LogP contribution in [0.1, 0.15) is 46.1 Å². The Bertz CT molecular complexity index is 461. The normalized spacial score (nSPS) is 12.9. The van der Waals surface area contributed by atoms with Crippen LogP contribution in [0.3, 0.4) is 0 Å². The Hall–Kier alpha value is -1.55. The Morgan fingerprint density at radius 1 is 1.40 bits per heavy atom. The SMILES string of the molecule is COc1ccc(C(C)(C)C)cc1NC(=O)CCC(C)O. The van der Waals surface area contributed by atoms with E-state index in [9.17, 15) is 9.90 Å². The first-order valence-corrected chi connectivity index (χ1v) is 6.90. The zero-order valence-corrected chi connectivity index (χ0v) is 13.0. The largest absolute Gasteiger partial charge is 0.495 e. The molecule has 4 nitrogen and oxygen atoms in total. The molecule has 1 amide bonds. The Labute approximate surface area is 121 Å². The van der Waals surface area contributed by atoms with Gasteiger partial charge < -0.3 is 15.2 Å². The smallest absolute Gasteiger partial charge is 0.224 e. The lowest BCUT2D eigenvalue weighted by Gasteiger charge is -2.21. The molecule has 0 aliphatic rings. The molecular weight excluding hydrogens is 254 g/mol. The van der Waals surface area contributed by atoms with Gasteiger partial charge in [0.25, 0.3) is 0 Å². The van der Waals surface area contributed by atoms with Crippen molar-refractivity contribution in [1.29, 1.82) is 0 Å². The molecule has 0 aliphatic heterocycles. The average molecular weight is 279 g/mol. The fourth-order valence-corrected chi connectivity index (χ4v) is 1.82. The molecule has 1 unspecified atom stereocenters. The second-order valence-corrected chi connectivity index (χ2v) is 6.10. The minimum Gasteiger partial charge on any atom is -0.495 e. The fraction of sp³-hybridized carbons (Fsp3) is 0.562. The molecule has 0 bridgehead atoms. The van der Waals surface area contributed by atoms with E-state index in [1.54, 1.807) is 14.0 Å². The monoisotopic (exact) mass is 279 g/mol. The number of methoxy groups -OCH3 is 1. The molecule has 1 aromatic carbocycles. The number of carbonyl (C=O) groups excluding carboxylic acids is 1. The van der Waals surface area contributed by atoms with Crippen LogP contribution >= 0.6 is 0 Å². The highest BCUT2D eigenvalue weighted by Crippen LogP contribution is 2.31. The fourth-order valence-electron chi connectivity index (χ4n) is 1.82. The first-order valence-electron chi connectivity index (χ1n) is 6.90. The number of aliphatic hydroxyl groups excluding tert-OH is 1. The topological polar surface area (TPSA) is 58.6 Å². The Kier molecular flexibility index (Phi) is 5.57. The average Bonchev–Trinajstić information content (AvgIpc) is 2.35. The summed E-state index contributed by atoms with van der Waals surface area (Å²) in [7, 11) is 1.58. The van der Waals surface area contributed by atoms with E-state index in [4.69, 9.17) is 4.74 Å². The number of rotatable bonds is 5. The molecule has 0 aromatic heterocycles. The molecule has 0 saturated carbocycles. The van der Waals surface area contributed by atoms with Crippen LogP contribution in [0.4, 0.5) is 5.69 Å². The maximum atomic E-state index is 11.9. The minimum absolute atomic E-state index is 0.00532. The van der Waals surface area contributed by atoms with E-state index in [1.165, 1.54) is 0 Å². The molecule has 0 spiro atoms. The highest BCUT2D eigenvalue weighted by atomic mass is 16.5. The maximum absolute atomic E-state index is 11.9. The number of aliphatic hydroxyl groups is 1. The molecule has 2 N–H and O–H groups in total. The second-order valence-electron chi connectivity index (χ2n) is 6.10. The van der Waals surface area contributed by atoms with E-state index >= 15 is 0 Å². The van der Waals surface area contributed by atoms with E-state index in [1.807, 2.05) is 18.2 Å². The van der Waals surface area contributed by atoms with Gasteiger partial charge in [-0.25, -0.2) is 0 Å². The van der Waals surface area contributed by atoms with Crippen molar-refractivity contribution in [2.24, 2.45) is 0 Å². The lowest BCUT2D eigenvalue weighted by molar-refractivity contribution is -0.116. The van der Waals surface area contributed by atoms with Crippen LogP contribution < -0.4 is 10.1 Å². The highest BCUT2D eigenvalue weighted by molar-refractivity contribution is 5.92. The van der Waals surface area contributed by atoms with Gasteiger partial charge in [0, 0.05) is 6.42 Å². The second kappa shape index (κ2) is 6.75. The van der Waals surface area contributed by atoms with Crippen LogP contribution in [0.15, 0.2) is 18.2 Å². The molecule has 0 saturated heterocycles. The molecule has 1 aromatic rings. The van der Waals surface area contributed by atoms with Gasteiger partial charge in [-0.15, -0.1) is 0 Å².